The number of hydrogen-bond acceptors (Lipinski definition) is 3. The normalized spacial score (nSPS) is 26.6. The van der Waals surface area contributed by atoms with Crippen molar-refractivity contribution >= 4 is 5.91 Å². The van der Waals surface area contributed by atoms with Gasteiger partial charge in [-0.25, -0.2) is 4.98 Å². The van der Waals surface area contributed by atoms with E-state index in [4.69, 9.17) is 0 Å². The first-order valence-electron chi connectivity index (χ1n) is 8.23. The van der Waals surface area contributed by atoms with Gasteiger partial charge in [0.05, 0.1) is 12.0 Å². The Morgan fingerprint density at radius 1 is 1.36 bits per heavy atom. The van der Waals surface area contributed by atoms with E-state index >= 15 is 0 Å². The van der Waals surface area contributed by atoms with Gasteiger partial charge in [-0.1, -0.05) is 6.08 Å². The van der Waals surface area contributed by atoms with E-state index in [1.165, 1.54) is 5.69 Å². The van der Waals surface area contributed by atoms with Gasteiger partial charge >= 0.3 is 0 Å². The zero-order chi connectivity index (χ0) is 15.6. The molecule has 0 aliphatic carbocycles. The van der Waals surface area contributed by atoms with Gasteiger partial charge in [0.1, 0.15) is 0 Å². The molecule has 5 nitrogen and oxygen atoms in total. The molecule has 1 atom stereocenters. The lowest BCUT2D eigenvalue weighted by molar-refractivity contribution is -0.130. The molecule has 0 N–H and O–H groups in total. The lowest BCUT2D eigenvalue weighted by atomic mass is 9.88. The van der Waals surface area contributed by atoms with Crippen LogP contribution in [-0.4, -0.2) is 50.4 Å². The highest BCUT2D eigenvalue weighted by molar-refractivity contribution is 5.79. The van der Waals surface area contributed by atoms with Crippen molar-refractivity contribution in [1.29, 1.82) is 0 Å². The third kappa shape index (κ3) is 2.82. The summed E-state index contributed by atoms with van der Waals surface area (Å²) in [6.45, 7) is 7.61. The van der Waals surface area contributed by atoms with Crippen LogP contribution < -0.4 is 0 Å². The summed E-state index contributed by atoms with van der Waals surface area (Å²) in [6.07, 6.45) is 10.7. The molecule has 1 amide bonds. The van der Waals surface area contributed by atoms with E-state index in [-0.39, 0.29) is 5.54 Å². The molecule has 0 unspecified atom stereocenters. The first-order chi connectivity index (χ1) is 10.6. The Kier molecular flexibility index (Phi) is 4.34. The maximum atomic E-state index is 12.2. The Hall–Kier alpha value is -1.62. The summed E-state index contributed by atoms with van der Waals surface area (Å²) in [6, 6.07) is 0. The minimum Gasteiger partial charge on any atom is -0.337 e. The molecule has 0 radical (unpaired) electrons. The van der Waals surface area contributed by atoms with Gasteiger partial charge < -0.3 is 9.47 Å². The summed E-state index contributed by atoms with van der Waals surface area (Å²) < 4.78 is 2.09. The quantitative estimate of drug-likeness (QED) is 0.798. The molecule has 2 aliphatic rings. The number of hydrogen-bond donors (Lipinski definition) is 0. The molecular formula is C17H26N4O. The number of amides is 1. The van der Waals surface area contributed by atoms with E-state index in [0.717, 1.165) is 45.3 Å². The summed E-state index contributed by atoms with van der Waals surface area (Å²) in [5.74, 6) is 0.306. The topological polar surface area (TPSA) is 41.4 Å². The molecule has 0 bridgehead atoms. The first-order valence-corrected chi connectivity index (χ1v) is 8.23. The molecule has 5 heteroatoms. The van der Waals surface area contributed by atoms with Crippen LogP contribution in [0.3, 0.4) is 0 Å². The summed E-state index contributed by atoms with van der Waals surface area (Å²) >= 11 is 0. The maximum Gasteiger partial charge on any atom is 0.223 e. The van der Waals surface area contributed by atoms with Gasteiger partial charge in [0.25, 0.3) is 0 Å². The third-order valence-electron chi connectivity index (χ3n) is 5.30. The van der Waals surface area contributed by atoms with Gasteiger partial charge in [0.15, 0.2) is 0 Å². The number of nitrogens with zero attached hydrogens (tertiary/aromatic N) is 4. The van der Waals surface area contributed by atoms with Gasteiger partial charge in [0.2, 0.25) is 5.91 Å². The molecule has 22 heavy (non-hydrogen) atoms. The monoisotopic (exact) mass is 302 g/mol. The molecule has 2 fully saturated rings. The number of imidazole rings is 1. The Balaban J connectivity index is 1.68. The number of aromatic nitrogens is 2. The predicted octanol–water partition coefficient (Wildman–Crippen LogP) is 1.95. The van der Waals surface area contributed by atoms with E-state index in [1.807, 2.05) is 25.6 Å². The van der Waals surface area contributed by atoms with Crippen LogP contribution in [0.15, 0.2) is 25.2 Å². The Morgan fingerprint density at radius 3 is 2.95 bits per heavy atom. The fourth-order valence-electron chi connectivity index (χ4n) is 3.98. The fourth-order valence-corrected chi connectivity index (χ4v) is 3.98. The molecule has 2 saturated heterocycles. The molecule has 1 aromatic rings. The van der Waals surface area contributed by atoms with Crippen molar-refractivity contribution in [2.24, 2.45) is 7.05 Å². The number of likely N-dealkylation sites (tertiary alicyclic amines) is 2. The third-order valence-corrected chi connectivity index (χ3v) is 5.30. The Labute approximate surface area is 132 Å². The fraction of sp³-hybridized carbons (Fsp3) is 0.647. The van der Waals surface area contributed by atoms with Crippen molar-refractivity contribution in [3.63, 3.8) is 0 Å². The van der Waals surface area contributed by atoms with Crippen LogP contribution in [0.2, 0.25) is 0 Å². The molecule has 2 aliphatic heterocycles. The van der Waals surface area contributed by atoms with E-state index in [0.29, 0.717) is 18.9 Å². The molecule has 3 heterocycles. The van der Waals surface area contributed by atoms with E-state index in [9.17, 15) is 4.79 Å². The average molecular weight is 302 g/mol. The second kappa shape index (κ2) is 6.24. The molecule has 1 aromatic heterocycles. The van der Waals surface area contributed by atoms with Crippen molar-refractivity contribution in [1.82, 2.24) is 19.4 Å². The van der Waals surface area contributed by atoms with Crippen LogP contribution in [0.25, 0.3) is 0 Å². The number of carbonyl (C=O) groups is 1. The summed E-state index contributed by atoms with van der Waals surface area (Å²) in [5, 5.41) is 0. The SMILES string of the molecule is C=CCN1C(=O)CC[C@]12CCCN(Cc1cncn1C)CC2. The van der Waals surface area contributed by atoms with Crippen molar-refractivity contribution in [3.8, 4) is 0 Å². The van der Waals surface area contributed by atoms with Gasteiger partial charge in [-0.2, -0.15) is 0 Å². The van der Waals surface area contributed by atoms with Crippen LogP contribution in [0.5, 0.6) is 0 Å². The zero-order valence-electron chi connectivity index (χ0n) is 13.5. The van der Waals surface area contributed by atoms with E-state index in [1.54, 1.807) is 0 Å². The van der Waals surface area contributed by atoms with Crippen LogP contribution >= 0.6 is 0 Å². The van der Waals surface area contributed by atoms with Gasteiger partial charge in [-0.15, -0.1) is 6.58 Å². The summed E-state index contributed by atoms with van der Waals surface area (Å²) in [4.78, 5) is 21.0. The molecule has 1 spiro atoms. The molecular weight excluding hydrogens is 276 g/mol. The van der Waals surface area contributed by atoms with E-state index < -0.39 is 0 Å². The second-order valence-corrected chi connectivity index (χ2v) is 6.64. The largest absolute Gasteiger partial charge is 0.337 e. The number of carbonyl (C=O) groups excluding carboxylic acids is 1. The lowest BCUT2D eigenvalue weighted by Crippen LogP contribution is -2.46. The highest BCUT2D eigenvalue weighted by atomic mass is 16.2. The Bertz CT molecular complexity index is 553. The highest BCUT2D eigenvalue weighted by Gasteiger charge is 2.44. The molecule has 120 valence electrons. The first kappa shape index (κ1) is 15.3. The minimum atomic E-state index is 0.0759. The van der Waals surface area contributed by atoms with Gasteiger partial charge in [0, 0.05) is 44.8 Å². The van der Waals surface area contributed by atoms with Crippen LogP contribution in [-0.2, 0) is 18.4 Å². The maximum absolute atomic E-state index is 12.2. The van der Waals surface area contributed by atoms with Crippen molar-refractivity contribution < 1.29 is 4.79 Å². The highest BCUT2D eigenvalue weighted by Crippen LogP contribution is 2.39. The minimum absolute atomic E-state index is 0.0759. The molecule has 0 aromatic carbocycles. The zero-order valence-corrected chi connectivity index (χ0v) is 13.5. The molecule has 0 saturated carbocycles. The number of aryl methyl sites for hydroxylation is 1. The summed E-state index contributed by atoms with van der Waals surface area (Å²) in [7, 11) is 2.04. The summed E-state index contributed by atoms with van der Waals surface area (Å²) in [5.41, 5.74) is 1.33. The Morgan fingerprint density at radius 2 is 2.23 bits per heavy atom. The van der Waals surface area contributed by atoms with Crippen LogP contribution in [0, 0.1) is 0 Å². The molecule has 3 rings (SSSR count). The second-order valence-electron chi connectivity index (χ2n) is 6.64. The van der Waals surface area contributed by atoms with Crippen molar-refractivity contribution in [3.05, 3.63) is 30.9 Å². The van der Waals surface area contributed by atoms with Gasteiger partial charge in [-0.05, 0) is 32.2 Å². The van der Waals surface area contributed by atoms with Crippen molar-refractivity contribution in [2.45, 2.75) is 44.2 Å². The lowest BCUT2D eigenvalue weighted by Gasteiger charge is -2.37. The van der Waals surface area contributed by atoms with Crippen molar-refractivity contribution in [2.75, 3.05) is 19.6 Å². The van der Waals surface area contributed by atoms with E-state index in [2.05, 4.69) is 25.9 Å². The smallest absolute Gasteiger partial charge is 0.223 e. The standard InChI is InChI=1S/C17H26N4O/c1-3-9-21-16(22)5-7-17(21)6-4-10-20(11-8-17)13-15-12-18-14-19(15)2/h3,12,14H,1,4-11,13H2,2H3/t17-/m0/s1. The van der Waals surface area contributed by atoms with Crippen LogP contribution in [0.4, 0.5) is 0 Å². The van der Waals surface area contributed by atoms with Gasteiger partial charge in [-0.3, -0.25) is 9.69 Å². The predicted molar refractivity (Wildman–Crippen MR) is 86.2 cm³/mol. The number of rotatable bonds is 4. The van der Waals surface area contributed by atoms with Crippen LogP contribution in [0.1, 0.15) is 37.8 Å². The average Bonchev–Trinajstić information content (AvgIpc) is 2.95.